The van der Waals surface area contributed by atoms with E-state index in [1.165, 1.54) is 0 Å². The average molecular weight is 409 g/mol. The maximum atomic E-state index is 13.1. The number of ketones is 1. The number of carbonyl (C=O) groups excluding carboxylic acids is 1. The minimum absolute atomic E-state index is 0.110. The van der Waals surface area contributed by atoms with Gasteiger partial charge in [-0.25, -0.2) is 0 Å². The van der Waals surface area contributed by atoms with E-state index < -0.39 is 0 Å². The van der Waals surface area contributed by atoms with E-state index in [1.54, 1.807) is 20.3 Å². The van der Waals surface area contributed by atoms with Crippen molar-refractivity contribution in [1.82, 2.24) is 4.90 Å². The lowest BCUT2D eigenvalue weighted by atomic mass is 9.98. The Morgan fingerprint density at radius 2 is 1.93 bits per heavy atom. The van der Waals surface area contributed by atoms with Crippen LogP contribution in [0.15, 0.2) is 30.0 Å². The normalized spacial score (nSPS) is 16.9. The molecule has 4 rings (SSSR count). The molecule has 0 spiro atoms. The topological polar surface area (TPSA) is 57.2 Å². The van der Waals surface area contributed by atoms with Crippen molar-refractivity contribution in [2.75, 3.05) is 27.5 Å². The summed E-state index contributed by atoms with van der Waals surface area (Å²) in [5, 5.41) is 0. The fraction of sp³-hybridized carbons (Fsp3) is 0.375. The molecule has 0 bridgehead atoms. The summed E-state index contributed by atoms with van der Waals surface area (Å²) in [4.78, 5) is 15.4. The number of benzene rings is 2. The average Bonchev–Trinajstić information content (AvgIpc) is 3.05. The van der Waals surface area contributed by atoms with Gasteiger partial charge in [0.2, 0.25) is 5.78 Å². The molecule has 0 amide bonds. The molecule has 0 atom stereocenters. The zero-order valence-electron chi connectivity index (χ0n) is 18.1. The third-order valence-electron chi connectivity index (χ3n) is 5.32. The van der Waals surface area contributed by atoms with Crippen LogP contribution in [-0.2, 0) is 6.54 Å². The molecule has 0 unspecified atom stereocenters. The molecule has 0 fully saturated rings. The largest absolute Gasteiger partial charge is 0.493 e. The number of allylic oxidation sites excluding steroid dienone is 1. The van der Waals surface area contributed by atoms with E-state index >= 15 is 0 Å². The predicted molar refractivity (Wildman–Crippen MR) is 114 cm³/mol. The summed E-state index contributed by atoms with van der Waals surface area (Å²) in [5.41, 5.74) is 3.22. The molecular weight excluding hydrogens is 382 g/mol. The highest BCUT2D eigenvalue weighted by Gasteiger charge is 2.35. The van der Waals surface area contributed by atoms with Gasteiger partial charge >= 0.3 is 0 Å². The second kappa shape index (κ2) is 8.03. The van der Waals surface area contributed by atoms with Gasteiger partial charge in [0, 0.05) is 13.1 Å². The van der Waals surface area contributed by atoms with Crippen LogP contribution < -0.4 is 18.9 Å². The van der Waals surface area contributed by atoms with Crippen LogP contribution >= 0.6 is 0 Å². The minimum Gasteiger partial charge on any atom is -0.493 e. The minimum atomic E-state index is -0.110. The summed E-state index contributed by atoms with van der Waals surface area (Å²) in [6.45, 7) is 8.45. The van der Waals surface area contributed by atoms with Crippen molar-refractivity contribution < 1.29 is 23.7 Å². The number of fused-ring (bicyclic) bond motifs is 3. The van der Waals surface area contributed by atoms with Crippen molar-refractivity contribution in [2.24, 2.45) is 5.92 Å². The van der Waals surface area contributed by atoms with E-state index in [4.69, 9.17) is 18.9 Å². The van der Waals surface area contributed by atoms with Crippen LogP contribution in [0.25, 0.3) is 6.08 Å². The number of methoxy groups -OCH3 is 2. The van der Waals surface area contributed by atoms with Crippen molar-refractivity contribution in [1.29, 1.82) is 0 Å². The van der Waals surface area contributed by atoms with E-state index in [1.807, 2.05) is 31.2 Å². The van der Waals surface area contributed by atoms with E-state index in [0.717, 1.165) is 29.0 Å². The Labute approximate surface area is 177 Å². The third-order valence-corrected chi connectivity index (χ3v) is 5.32. The molecule has 0 saturated carbocycles. The maximum Gasteiger partial charge on any atom is 0.232 e. The highest BCUT2D eigenvalue weighted by molar-refractivity contribution is 6.15. The molecule has 0 aliphatic carbocycles. The van der Waals surface area contributed by atoms with Crippen LogP contribution in [-0.4, -0.2) is 38.2 Å². The molecule has 2 aromatic rings. The predicted octanol–water partition coefficient (Wildman–Crippen LogP) is 4.44. The second-order valence-electron chi connectivity index (χ2n) is 8.11. The quantitative estimate of drug-likeness (QED) is 0.681. The number of hydrogen-bond donors (Lipinski definition) is 0. The Morgan fingerprint density at radius 1 is 1.17 bits per heavy atom. The zero-order chi connectivity index (χ0) is 21.4. The molecule has 6 heteroatoms. The molecule has 30 heavy (non-hydrogen) atoms. The van der Waals surface area contributed by atoms with Gasteiger partial charge < -0.3 is 18.9 Å². The van der Waals surface area contributed by atoms with Crippen molar-refractivity contribution >= 4 is 11.9 Å². The molecule has 0 radical (unpaired) electrons. The Hall–Kier alpha value is -2.99. The van der Waals surface area contributed by atoms with E-state index in [0.29, 0.717) is 47.8 Å². The molecule has 158 valence electrons. The molecule has 6 nitrogen and oxygen atoms in total. The lowest BCUT2D eigenvalue weighted by Crippen LogP contribution is -2.35. The van der Waals surface area contributed by atoms with E-state index in [-0.39, 0.29) is 5.78 Å². The lowest BCUT2D eigenvalue weighted by Gasteiger charge is -2.31. The van der Waals surface area contributed by atoms with Crippen LogP contribution in [0.3, 0.4) is 0 Å². The van der Waals surface area contributed by atoms with Crippen molar-refractivity contribution in [2.45, 2.75) is 27.3 Å². The molecule has 2 heterocycles. The summed E-state index contributed by atoms with van der Waals surface area (Å²) >= 11 is 0. The van der Waals surface area contributed by atoms with Crippen LogP contribution in [0.5, 0.6) is 23.0 Å². The van der Waals surface area contributed by atoms with Crippen LogP contribution in [0.4, 0.5) is 0 Å². The number of Topliss-reactive ketones (excluding diaryl/α,β-unsaturated/α-hetero) is 1. The van der Waals surface area contributed by atoms with Gasteiger partial charge in [-0.3, -0.25) is 9.69 Å². The van der Waals surface area contributed by atoms with Gasteiger partial charge in [0.1, 0.15) is 18.2 Å². The highest BCUT2D eigenvalue weighted by atomic mass is 16.5. The second-order valence-corrected chi connectivity index (χ2v) is 8.11. The smallest absolute Gasteiger partial charge is 0.232 e. The first-order chi connectivity index (χ1) is 14.4. The Bertz CT molecular complexity index is 1020. The molecule has 0 N–H and O–H groups in total. The highest BCUT2D eigenvalue weighted by Crippen LogP contribution is 2.44. The Morgan fingerprint density at radius 3 is 2.63 bits per heavy atom. The summed E-state index contributed by atoms with van der Waals surface area (Å²) < 4.78 is 22.7. The number of hydrogen-bond acceptors (Lipinski definition) is 6. The number of carbonyl (C=O) groups is 1. The SMILES string of the molecule is COc1ccc(/C=C2\Oc3c4c(cc(C)c3C2=O)OCN(CC(C)C)C4)cc1OC. The Kier molecular flexibility index (Phi) is 5.43. The number of ether oxygens (including phenoxy) is 4. The Balaban J connectivity index is 1.69. The van der Waals surface area contributed by atoms with Gasteiger partial charge in [-0.1, -0.05) is 19.9 Å². The lowest BCUT2D eigenvalue weighted by molar-refractivity contribution is 0.0831. The fourth-order valence-corrected chi connectivity index (χ4v) is 4.00. The van der Waals surface area contributed by atoms with Crippen LogP contribution in [0.2, 0.25) is 0 Å². The van der Waals surface area contributed by atoms with Crippen molar-refractivity contribution in [3.05, 3.63) is 52.3 Å². The first-order valence-electron chi connectivity index (χ1n) is 10.1. The maximum absolute atomic E-state index is 13.1. The molecule has 0 saturated heterocycles. The van der Waals surface area contributed by atoms with Gasteiger partial charge in [0.05, 0.1) is 25.3 Å². The first-order valence-corrected chi connectivity index (χ1v) is 10.1. The third kappa shape index (κ3) is 3.63. The number of aryl methyl sites for hydroxylation is 1. The number of rotatable bonds is 5. The standard InChI is InChI=1S/C24H27NO5/c1-14(2)11-25-12-17-19(29-13-25)8-15(3)22-23(26)21(30-24(17)22)10-16-6-7-18(27-4)20(9-16)28-5/h6-10,14H,11-13H2,1-5H3/b21-10-. The fourth-order valence-electron chi connectivity index (χ4n) is 4.00. The van der Waals surface area contributed by atoms with E-state index in [2.05, 4.69) is 18.7 Å². The molecule has 0 aromatic heterocycles. The molecule has 2 aliphatic rings. The zero-order valence-corrected chi connectivity index (χ0v) is 18.1. The van der Waals surface area contributed by atoms with Gasteiger partial charge in [0.15, 0.2) is 17.3 Å². The number of nitrogens with zero attached hydrogens (tertiary/aromatic N) is 1. The molecule has 2 aromatic carbocycles. The molecular formula is C24H27NO5. The molecule has 2 aliphatic heterocycles. The van der Waals surface area contributed by atoms with Gasteiger partial charge in [-0.05, 0) is 48.2 Å². The van der Waals surface area contributed by atoms with Crippen molar-refractivity contribution in [3.8, 4) is 23.0 Å². The van der Waals surface area contributed by atoms with Crippen LogP contribution in [0, 0.1) is 12.8 Å². The van der Waals surface area contributed by atoms with Gasteiger partial charge in [-0.15, -0.1) is 0 Å². The summed E-state index contributed by atoms with van der Waals surface area (Å²) in [6.07, 6.45) is 1.74. The summed E-state index contributed by atoms with van der Waals surface area (Å²) in [7, 11) is 3.17. The van der Waals surface area contributed by atoms with Gasteiger partial charge in [-0.2, -0.15) is 0 Å². The van der Waals surface area contributed by atoms with Crippen LogP contribution in [0.1, 0.15) is 40.9 Å². The van der Waals surface area contributed by atoms with Crippen molar-refractivity contribution in [3.63, 3.8) is 0 Å². The first kappa shape index (κ1) is 20.3. The van der Waals surface area contributed by atoms with E-state index in [9.17, 15) is 4.79 Å². The summed E-state index contributed by atoms with van der Waals surface area (Å²) in [6, 6.07) is 7.44. The monoisotopic (exact) mass is 409 g/mol. The van der Waals surface area contributed by atoms with Gasteiger partial charge in [0.25, 0.3) is 0 Å². The summed E-state index contributed by atoms with van der Waals surface area (Å²) in [5.74, 6) is 3.36.